The first kappa shape index (κ1) is 34.3. The van der Waals surface area contributed by atoms with Crippen molar-refractivity contribution in [2.45, 2.75) is 72.8 Å². The van der Waals surface area contributed by atoms with Crippen molar-refractivity contribution in [3.05, 3.63) is 72.6 Å². The number of fused-ring (bicyclic) bond motifs is 4. The molecule has 11 nitrogen and oxygen atoms in total. The van der Waals surface area contributed by atoms with E-state index in [9.17, 15) is 9.36 Å². The van der Waals surface area contributed by atoms with Crippen LogP contribution in [0.4, 0.5) is 5.82 Å². The molecule has 2 unspecified atom stereocenters. The van der Waals surface area contributed by atoms with Gasteiger partial charge in [0, 0.05) is 12.0 Å². The molecule has 250 valence electrons. The maximum Gasteiger partial charge on any atom is 0.459 e. The van der Waals surface area contributed by atoms with Gasteiger partial charge in [0.1, 0.15) is 29.7 Å². The van der Waals surface area contributed by atoms with E-state index in [0.717, 1.165) is 27.2 Å². The van der Waals surface area contributed by atoms with Gasteiger partial charge in [-0.3, -0.25) is 9.32 Å². The van der Waals surface area contributed by atoms with E-state index in [4.69, 9.17) is 29.2 Å². The van der Waals surface area contributed by atoms with E-state index in [0.29, 0.717) is 29.5 Å². The second-order valence-corrected chi connectivity index (χ2v) is 14.1. The zero-order valence-electron chi connectivity index (χ0n) is 28.0. The molecule has 0 aliphatic carbocycles. The van der Waals surface area contributed by atoms with Gasteiger partial charge in [-0.25, -0.2) is 14.5 Å². The molecule has 3 atom stereocenters. The number of nitrogens with one attached hydrogen (secondary N) is 1. The highest BCUT2D eigenvalue weighted by Gasteiger charge is 2.41. The Hall–Kier alpha value is -4.02. The van der Waals surface area contributed by atoms with Gasteiger partial charge in [0.15, 0.2) is 5.82 Å². The monoisotopic (exact) mass is 661 g/mol. The average molecular weight is 662 g/mol. The number of benzene rings is 3. The Bertz CT molecular complexity index is 1940. The van der Waals surface area contributed by atoms with Crippen LogP contribution in [-0.2, 0) is 35.5 Å². The van der Waals surface area contributed by atoms with Crippen molar-refractivity contribution in [2.24, 2.45) is 5.92 Å². The summed E-state index contributed by atoms with van der Waals surface area (Å²) in [5.74, 6) is 0.591. The fourth-order valence-electron chi connectivity index (χ4n) is 5.47. The lowest BCUT2D eigenvalue weighted by Gasteiger charge is -2.38. The zero-order valence-corrected chi connectivity index (χ0v) is 28.9. The number of pyridine rings is 1. The molecule has 0 radical (unpaired) electrons. The molecule has 5 rings (SSSR count). The van der Waals surface area contributed by atoms with Crippen LogP contribution in [-0.4, -0.2) is 45.9 Å². The van der Waals surface area contributed by atoms with E-state index < -0.39 is 25.3 Å². The molecular formula is C35H44N5O6P. The van der Waals surface area contributed by atoms with Gasteiger partial charge in [-0.1, -0.05) is 62.4 Å². The number of esters is 1. The van der Waals surface area contributed by atoms with E-state index in [1.165, 1.54) is 0 Å². The van der Waals surface area contributed by atoms with Crippen LogP contribution in [0.3, 0.4) is 0 Å². The van der Waals surface area contributed by atoms with Crippen LogP contribution >= 0.6 is 7.75 Å². The number of imidazole rings is 1. The number of anilines is 1. The lowest BCUT2D eigenvalue weighted by molar-refractivity contribution is -0.149. The van der Waals surface area contributed by atoms with Gasteiger partial charge in [-0.2, -0.15) is 5.09 Å². The summed E-state index contributed by atoms with van der Waals surface area (Å²) in [7, 11) is -4.22. The number of nitrogens with two attached hydrogens (primary N) is 1. The number of para-hydroxylation sites is 1. The molecule has 0 aliphatic rings. The Labute approximate surface area is 275 Å². The number of nitrogen functional groups attached to an aromatic ring is 1. The second kappa shape index (κ2) is 14.0. The van der Waals surface area contributed by atoms with E-state index >= 15 is 0 Å². The van der Waals surface area contributed by atoms with Crippen molar-refractivity contribution >= 4 is 52.2 Å². The molecule has 5 aromatic rings. The largest absolute Gasteiger partial charge is 0.462 e. The molecule has 12 heteroatoms. The molecule has 0 spiro atoms. The first-order chi connectivity index (χ1) is 22.3. The number of aromatic nitrogens is 3. The molecule has 0 saturated carbocycles. The number of hydrogen-bond acceptors (Lipinski definition) is 9. The smallest absolute Gasteiger partial charge is 0.459 e. The molecule has 3 aromatic carbocycles. The molecule has 3 N–H and O–H groups in total. The van der Waals surface area contributed by atoms with E-state index in [2.05, 4.69) is 28.5 Å². The third-order valence-electron chi connectivity index (χ3n) is 8.31. The molecule has 0 aliphatic heterocycles. The van der Waals surface area contributed by atoms with Crippen LogP contribution in [0.5, 0.6) is 5.75 Å². The molecule has 0 amide bonds. The van der Waals surface area contributed by atoms with Gasteiger partial charge in [-0.05, 0) is 69.5 Å². The summed E-state index contributed by atoms with van der Waals surface area (Å²) >= 11 is 0. The predicted molar refractivity (Wildman–Crippen MR) is 185 cm³/mol. The highest BCUT2D eigenvalue weighted by atomic mass is 31.2. The van der Waals surface area contributed by atoms with Crippen LogP contribution in [0, 0.1) is 5.92 Å². The molecule has 2 heterocycles. The van der Waals surface area contributed by atoms with Gasteiger partial charge < -0.3 is 24.3 Å². The second-order valence-electron chi connectivity index (χ2n) is 12.4. The SMILES string of the molecule is CCOCc1nc2c(N)nc3ccccc3c2n1C(C)(COP(=O)(N[C@@H](C)C(=O)OC(C)C)Oc1ccc2ccccc2c1)C(C)C. The van der Waals surface area contributed by atoms with Crippen molar-refractivity contribution in [2.75, 3.05) is 18.9 Å². The third kappa shape index (κ3) is 7.28. The van der Waals surface area contributed by atoms with Crippen LogP contribution in [0.15, 0.2) is 66.7 Å². The lowest BCUT2D eigenvalue weighted by Crippen LogP contribution is -2.43. The maximum absolute atomic E-state index is 14.7. The fourth-order valence-corrected chi connectivity index (χ4v) is 7.05. The number of hydrogen-bond donors (Lipinski definition) is 2. The quantitative estimate of drug-likeness (QED) is 0.0916. The highest BCUT2D eigenvalue weighted by molar-refractivity contribution is 7.52. The molecule has 2 aromatic heterocycles. The van der Waals surface area contributed by atoms with Gasteiger partial charge in [-0.15, -0.1) is 0 Å². The van der Waals surface area contributed by atoms with E-state index in [-0.39, 0.29) is 25.2 Å². The van der Waals surface area contributed by atoms with Gasteiger partial charge >= 0.3 is 13.7 Å². The van der Waals surface area contributed by atoms with Crippen LogP contribution < -0.4 is 15.3 Å². The van der Waals surface area contributed by atoms with Gasteiger partial charge in [0.25, 0.3) is 0 Å². The number of ether oxygens (including phenoxy) is 2. The minimum Gasteiger partial charge on any atom is -0.462 e. The topological polar surface area (TPSA) is 140 Å². The van der Waals surface area contributed by atoms with Gasteiger partial charge in [0.2, 0.25) is 0 Å². The molecule has 0 fully saturated rings. The van der Waals surface area contributed by atoms with Crippen LogP contribution in [0.2, 0.25) is 0 Å². The molecule has 47 heavy (non-hydrogen) atoms. The fraction of sp³-hybridized carbons (Fsp3) is 0.400. The number of carbonyl (C=O) groups excluding carboxylic acids is 1. The Kier molecular flexibility index (Phi) is 10.2. The lowest BCUT2D eigenvalue weighted by atomic mass is 9.88. The molecule has 0 bridgehead atoms. The number of carbonyl (C=O) groups is 1. The first-order valence-electron chi connectivity index (χ1n) is 15.9. The minimum atomic E-state index is -4.22. The minimum absolute atomic E-state index is 0.0779. The zero-order chi connectivity index (χ0) is 33.9. The van der Waals surface area contributed by atoms with Crippen LogP contribution in [0.1, 0.15) is 54.3 Å². The maximum atomic E-state index is 14.7. The van der Waals surface area contributed by atoms with Crippen LogP contribution in [0.25, 0.3) is 32.7 Å². The average Bonchev–Trinajstić information content (AvgIpc) is 3.43. The summed E-state index contributed by atoms with van der Waals surface area (Å²) in [5.41, 5.74) is 7.64. The van der Waals surface area contributed by atoms with Crippen molar-refractivity contribution in [3.63, 3.8) is 0 Å². The number of rotatable bonds is 14. The summed E-state index contributed by atoms with van der Waals surface area (Å²) in [4.78, 5) is 22.3. The summed E-state index contributed by atoms with van der Waals surface area (Å²) in [6.45, 7) is 13.7. The normalized spacial score (nSPS) is 15.3. The van der Waals surface area contributed by atoms with Crippen molar-refractivity contribution in [1.29, 1.82) is 0 Å². The summed E-state index contributed by atoms with van der Waals surface area (Å²) in [5, 5.41) is 5.59. The van der Waals surface area contributed by atoms with Crippen molar-refractivity contribution in [3.8, 4) is 5.75 Å². The van der Waals surface area contributed by atoms with Crippen molar-refractivity contribution < 1.29 is 27.9 Å². The summed E-state index contributed by atoms with van der Waals surface area (Å²) in [6, 6.07) is 19.9. The summed E-state index contributed by atoms with van der Waals surface area (Å²) in [6.07, 6.45) is -0.354. The number of nitrogens with zero attached hydrogens (tertiary/aromatic N) is 3. The third-order valence-corrected chi connectivity index (χ3v) is 9.93. The standard InChI is InChI=1S/C35H44N5O6P/c1-8-43-20-30-38-31-32(28-15-11-12-16-29(28)37-33(31)36)40(30)35(7,22(2)3)21-44-47(42,39-24(6)34(41)45-23(4)5)46-27-18-17-25-13-9-10-14-26(25)19-27/h9-19,22-24H,8,20-21H2,1-7H3,(H2,36,37)(H,39,42)/t24-,35?,47?/m0/s1. The highest BCUT2D eigenvalue weighted by Crippen LogP contribution is 2.48. The van der Waals surface area contributed by atoms with E-state index in [1.807, 2.05) is 68.4 Å². The Morgan fingerprint density at radius 2 is 1.70 bits per heavy atom. The first-order valence-corrected chi connectivity index (χ1v) is 17.4. The Balaban J connectivity index is 1.59. The predicted octanol–water partition coefficient (Wildman–Crippen LogP) is 7.36. The summed E-state index contributed by atoms with van der Waals surface area (Å²) < 4.78 is 40.5. The van der Waals surface area contributed by atoms with Gasteiger partial charge in [0.05, 0.1) is 29.3 Å². The van der Waals surface area contributed by atoms with Crippen molar-refractivity contribution in [1.82, 2.24) is 19.6 Å². The molecule has 0 saturated heterocycles. The van der Waals surface area contributed by atoms with E-state index in [1.54, 1.807) is 32.9 Å². The molecular weight excluding hydrogens is 617 g/mol. The Morgan fingerprint density at radius 1 is 1.00 bits per heavy atom. The Morgan fingerprint density at radius 3 is 2.40 bits per heavy atom.